The topological polar surface area (TPSA) is 0 Å². The van der Waals surface area contributed by atoms with Gasteiger partial charge in [-0.2, -0.15) is 0 Å². The van der Waals surface area contributed by atoms with E-state index in [9.17, 15) is 0 Å². The van der Waals surface area contributed by atoms with Crippen LogP contribution in [0.4, 0.5) is 0 Å². The van der Waals surface area contributed by atoms with Crippen LogP contribution in [0.5, 0.6) is 0 Å². The lowest BCUT2D eigenvalue weighted by atomic mass is 10.2. The second-order valence-corrected chi connectivity index (χ2v) is 3.17. The van der Waals surface area contributed by atoms with Crippen molar-refractivity contribution in [3.05, 3.63) is 33.3 Å². The van der Waals surface area contributed by atoms with Gasteiger partial charge in [0.2, 0.25) is 0 Å². The van der Waals surface area contributed by atoms with Crippen LogP contribution in [0.1, 0.15) is 25.0 Å². The first-order chi connectivity index (χ1) is 5.61. The predicted octanol–water partition coefficient (Wildman–Crippen LogP) is 4.64. The number of hydrogen-bond acceptors (Lipinski definition) is 0. The van der Waals surface area contributed by atoms with Crippen LogP contribution in [-0.2, 0) is 0 Å². The third kappa shape index (κ3) is 3.04. The summed E-state index contributed by atoms with van der Waals surface area (Å²) >= 11 is 11.7. The summed E-state index contributed by atoms with van der Waals surface area (Å²) in [5.74, 6) is 0. The molecule has 0 radical (unpaired) electrons. The normalized spacial score (nSPS) is 8.83. The van der Waals surface area contributed by atoms with E-state index in [4.69, 9.17) is 23.2 Å². The minimum Gasteiger partial charge on any atom is -0.0843 e. The van der Waals surface area contributed by atoms with Gasteiger partial charge in [0.05, 0.1) is 0 Å². The van der Waals surface area contributed by atoms with E-state index in [1.54, 1.807) is 0 Å². The van der Waals surface area contributed by atoms with E-state index in [2.05, 4.69) is 0 Å². The Hall–Kier alpha value is -0.200. The third-order valence-corrected chi connectivity index (χ3v) is 2.22. The monoisotopic (exact) mass is 204 g/mol. The molecular formula is C10H14Cl2. The van der Waals surface area contributed by atoms with Gasteiger partial charge in [0, 0.05) is 10.0 Å². The molecule has 1 rings (SSSR count). The molecule has 0 aliphatic heterocycles. The highest BCUT2D eigenvalue weighted by atomic mass is 35.5. The fraction of sp³-hybridized carbons (Fsp3) is 0.400. The van der Waals surface area contributed by atoms with Crippen LogP contribution in [0.15, 0.2) is 12.1 Å². The summed E-state index contributed by atoms with van der Waals surface area (Å²) in [5.41, 5.74) is 2.07. The minimum absolute atomic E-state index is 0.749. The number of rotatable bonds is 0. The average Bonchev–Trinajstić information content (AvgIpc) is 2.04. The number of hydrogen-bond donors (Lipinski definition) is 0. The van der Waals surface area contributed by atoms with E-state index in [0.29, 0.717) is 0 Å². The van der Waals surface area contributed by atoms with Gasteiger partial charge in [0.1, 0.15) is 0 Å². The molecule has 0 heterocycles. The highest BCUT2D eigenvalue weighted by Gasteiger charge is 1.99. The maximum Gasteiger partial charge on any atom is 0.0465 e. The second-order valence-electron chi connectivity index (χ2n) is 2.35. The van der Waals surface area contributed by atoms with Gasteiger partial charge in [-0.3, -0.25) is 0 Å². The molecule has 1 aromatic rings. The standard InChI is InChI=1S/C8H8Cl2.C2H6/c1-5-3-7(9)4-6(2)8(5)10;1-2/h3-4H,1-2H3;1-2H3. The van der Waals surface area contributed by atoms with Crippen molar-refractivity contribution in [2.45, 2.75) is 27.7 Å². The Balaban J connectivity index is 0.000000561. The Bertz CT molecular complexity index is 231. The highest BCUT2D eigenvalue weighted by molar-refractivity contribution is 6.34. The molecule has 68 valence electrons. The van der Waals surface area contributed by atoms with Crippen LogP contribution in [0.3, 0.4) is 0 Å². The Morgan fingerprint density at radius 3 is 1.58 bits per heavy atom. The lowest BCUT2D eigenvalue weighted by Crippen LogP contribution is -1.79. The van der Waals surface area contributed by atoms with Crippen molar-refractivity contribution in [3.8, 4) is 0 Å². The SMILES string of the molecule is CC.Cc1cc(Cl)cc(C)c1Cl. The summed E-state index contributed by atoms with van der Waals surface area (Å²) in [4.78, 5) is 0. The summed E-state index contributed by atoms with van der Waals surface area (Å²) < 4.78 is 0. The average molecular weight is 205 g/mol. The first-order valence-corrected chi connectivity index (χ1v) is 4.79. The summed E-state index contributed by atoms with van der Waals surface area (Å²) in [6, 6.07) is 3.72. The number of benzene rings is 1. The molecule has 1 aromatic carbocycles. The van der Waals surface area contributed by atoms with Gasteiger partial charge in [-0.05, 0) is 37.1 Å². The molecule has 0 saturated heterocycles. The van der Waals surface area contributed by atoms with Crippen molar-refractivity contribution in [2.24, 2.45) is 0 Å². The zero-order valence-electron chi connectivity index (χ0n) is 7.91. The van der Waals surface area contributed by atoms with Crippen molar-refractivity contribution < 1.29 is 0 Å². The van der Waals surface area contributed by atoms with Crippen molar-refractivity contribution in [3.63, 3.8) is 0 Å². The molecule has 0 saturated carbocycles. The van der Waals surface area contributed by atoms with Gasteiger partial charge in [-0.25, -0.2) is 0 Å². The zero-order valence-corrected chi connectivity index (χ0v) is 9.42. The molecule has 0 spiro atoms. The van der Waals surface area contributed by atoms with E-state index in [-0.39, 0.29) is 0 Å². The molecule has 0 aliphatic carbocycles. The molecule has 2 heteroatoms. The van der Waals surface area contributed by atoms with E-state index < -0.39 is 0 Å². The molecule has 0 N–H and O–H groups in total. The molecule has 12 heavy (non-hydrogen) atoms. The number of aryl methyl sites for hydroxylation is 2. The van der Waals surface area contributed by atoms with Crippen LogP contribution in [0.2, 0.25) is 10.0 Å². The van der Waals surface area contributed by atoms with Crippen LogP contribution >= 0.6 is 23.2 Å². The van der Waals surface area contributed by atoms with Crippen LogP contribution in [-0.4, -0.2) is 0 Å². The Morgan fingerprint density at radius 2 is 1.25 bits per heavy atom. The quantitative estimate of drug-likeness (QED) is 0.578. The van der Waals surface area contributed by atoms with Crippen LogP contribution in [0.25, 0.3) is 0 Å². The van der Waals surface area contributed by atoms with Crippen LogP contribution in [0, 0.1) is 13.8 Å². The van der Waals surface area contributed by atoms with E-state index in [1.165, 1.54) is 0 Å². The van der Waals surface area contributed by atoms with E-state index in [1.807, 2.05) is 39.8 Å². The van der Waals surface area contributed by atoms with E-state index >= 15 is 0 Å². The largest absolute Gasteiger partial charge is 0.0843 e. The Morgan fingerprint density at radius 1 is 0.917 bits per heavy atom. The smallest absolute Gasteiger partial charge is 0.0465 e. The first-order valence-electron chi connectivity index (χ1n) is 4.03. The van der Waals surface area contributed by atoms with Gasteiger partial charge in [0.25, 0.3) is 0 Å². The van der Waals surface area contributed by atoms with Gasteiger partial charge >= 0.3 is 0 Å². The van der Waals surface area contributed by atoms with Crippen molar-refractivity contribution in [1.82, 2.24) is 0 Å². The first kappa shape index (κ1) is 11.8. The highest BCUT2D eigenvalue weighted by Crippen LogP contribution is 2.23. The molecule has 0 unspecified atom stereocenters. The van der Waals surface area contributed by atoms with Gasteiger partial charge < -0.3 is 0 Å². The molecule has 0 nitrogen and oxygen atoms in total. The van der Waals surface area contributed by atoms with E-state index in [0.717, 1.165) is 21.2 Å². The van der Waals surface area contributed by atoms with Gasteiger partial charge in [0.15, 0.2) is 0 Å². The zero-order chi connectivity index (χ0) is 9.72. The fourth-order valence-electron chi connectivity index (χ4n) is 0.893. The lowest BCUT2D eigenvalue weighted by molar-refractivity contribution is 1.38. The molecule has 0 aromatic heterocycles. The summed E-state index contributed by atoms with van der Waals surface area (Å²) in [6.07, 6.45) is 0. The van der Waals surface area contributed by atoms with Gasteiger partial charge in [-0.1, -0.05) is 37.0 Å². The summed E-state index contributed by atoms with van der Waals surface area (Å²) in [6.45, 7) is 7.89. The third-order valence-electron chi connectivity index (χ3n) is 1.40. The Kier molecular flexibility index (Phi) is 5.36. The van der Waals surface area contributed by atoms with Crippen molar-refractivity contribution in [2.75, 3.05) is 0 Å². The number of halogens is 2. The Labute approximate surface area is 84.5 Å². The lowest BCUT2D eigenvalue weighted by Gasteiger charge is -2.01. The molecule has 0 amide bonds. The molecule has 0 fully saturated rings. The summed E-state index contributed by atoms with van der Waals surface area (Å²) in [7, 11) is 0. The molecular weight excluding hydrogens is 191 g/mol. The van der Waals surface area contributed by atoms with Crippen molar-refractivity contribution >= 4 is 23.2 Å². The van der Waals surface area contributed by atoms with Crippen LogP contribution < -0.4 is 0 Å². The van der Waals surface area contributed by atoms with Gasteiger partial charge in [-0.15, -0.1) is 0 Å². The predicted molar refractivity (Wildman–Crippen MR) is 57.3 cm³/mol. The summed E-state index contributed by atoms with van der Waals surface area (Å²) in [5, 5.41) is 1.56. The minimum atomic E-state index is 0.749. The molecule has 0 aliphatic rings. The maximum absolute atomic E-state index is 5.89. The fourth-order valence-corrected chi connectivity index (χ4v) is 1.33. The molecule has 0 bridgehead atoms. The second kappa shape index (κ2) is 5.45. The van der Waals surface area contributed by atoms with Crippen molar-refractivity contribution in [1.29, 1.82) is 0 Å². The molecule has 0 atom stereocenters. The maximum atomic E-state index is 5.89.